The number of benzene rings is 1. The summed E-state index contributed by atoms with van der Waals surface area (Å²) in [5, 5.41) is 3.22. The Kier molecular flexibility index (Phi) is 4.34. The van der Waals surface area contributed by atoms with Crippen molar-refractivity contribution in [3.8, 4) is 0 Å². The Hall–Kier alpha value is -1.68. The lowest BCUT2D eigenvalue weighted by atomic mass is 10.3. The van der Waals surface area contributed by atoms with E-state index in [-0.39, 0.29) is 0 Å². The zero-order chi connectivity index (χ0) is 14.7. The first-order chi connectivity index (χ1) is 10.3. The second kappa shape index (κ2) is 6.39. The van der Waals surface area contributed by atoms with E-state index in [0.29, 0.717) is 17.8 Å². The Labute approximate surface area is 136 Å². The van der Waals surface area contributed by atoms with Gasteiger partial charge in [-0.05, 0) is 47.6 Å². The highest BCUT2D eigenvalue weighted by Gasteiger charge is 2.17. The molecule has 0 bridgehead atoms. The van der Waals surface area contributed by atoms with Gasteiger partial charge in [0.2, 0.25) is 17.8 Å². The highest BCUT2D eigenvalue weighted by atomic mass is 127. The summed E-state index contributed by atoms with van der Waals surface area (Å²) in [6.07, 6.45) is 2.33. The van der Waals surface area contributed by atoms with Gasteiger partial charge in [-0.2, -0.15) is 15.0 Å². The van der Waals surface area contributed by atoms with Crippen LogP contribution in [0, 0.1) is 3.57 Å². The Morgan fingerprint density at radius 1 is 1.05 bits per heavy atom. The minimum Gasteiger partial charge on any atom is -0.341 e. The molecule has 0 radical (unpaired) electrons. The SMILES string of the molecule is NNc1nc(Nc2ccccc2I)nc(N2CCCC2)n1. The number of hydrogen-bond donors (Lipinski definition) is 3. The molecule has 0 atom stereocenters. The molecule has 0 amide bonds. The summed E-state index contributed by atoms with van der Waals surface area (Å²) in [6, 6.07) is 7.96. The zero-order valence-corrected chi connectivity index (χ0v) is 13.5. The summed E-state index contributed by atoms with van der Waals surface area (Å²) in [7, 11) is 0. The summed E-state index contributed by atoms with van der Waals surface area (Å²) < 4.78 is 1.10. The van der Waals surface area contributed by atoms with E-state index in [1.54, 1.807) is 0 Å². The fourth-order valence-corrected chi connectivity index (χ4v) is 2.75. The minimum absolute atomic E-state index is 0.361. The summed E-state index contributed by atoms with van der Waals surface area (Å²) in [4.78, 5) is 15.2. The Morgan fingerprint density at radius 2 is 1.76 bits per heavy atom. The predicted molar refractivity (Wildman–Crippen MR) is 91.5 cm³/mol. The van der Waals surface area contributed by atoms with Crippen molar-refractivity contribution in [2.45, 2.75) is 12.8 Å². The van der Waals surface area contributed by atoms with Crippen LogP contribution in [0.15, 0.2) is 24.3 Å². The molecular weight excluding hydrogens is 381 g/mol. The van der Waals surface area contributed by atoms with Crippen LogP contribution in [0.3, 0.4) is 0 Å². The molecule has 0 saturated carbocycles. The van der Waals surface area contributed by atoms with E-state index in [9.17, 15) is 0 Å². The molecule has 7 nitrogen and oxygen atoms in total. The van der Waals surface area contributed by atoms with Crippen LogP contribution < -0.4 is 21.5 Å². The molecule has 110 valence electrons. The molecule has 1 saturated heterocycles. The van der Waals surface area contributed by atoms with E-state index in [1.165, 1.54) is 0 Å². The Balaban J connectivity index is 1.90. The summed E-state index contributed by atoms with van der Waals surface area (Å²) in [5.41, 5.74) is 3.46. The molecule has 1 aliphatic rings. The highest BCUT2D eigenvalue weighted by Crippen LogP contribution is 2.23. The van der Waals surface area contributed by atoms with Crippen LogP contribution in [0.5, 0.6) is 0 Å². The number of para-hydroxylation sites is 1. The maximum absolute atomic E-state index is 5.46. The van der Waals surface area contributed by atoms with Crippen molar-refractivity contribution in [2.24, 2.45) is 5.84 Å². The van der Waals surface area contributed by atoms with Crippen molar-refractivity contribution >= 4 is 46.1 Å². The number of halogens is 1. The average Bonchev–Trinajstić information content (AvgIpc) is 3.04. The standard InChI is InChI=1S/C13H16IN7/c14-9-5-1-2-6-10(9)16-11-17-12(20-15)19-13(18-11)21-7-3-4-8-21/h1-2,5-6H,3-4,7-8,15H2,(H2,16,17,18,19,20). The van der Waals surface area contributed by atoms with Crippen LogP contribution in [0.4, 0.5) is 23.5 Å². The van der Waals surface area contributed by atoms with Gasteiger partial charge in [0, 0.05) is 16.7 Å². The number of rotatable bonds is 4. The molecule has 8 heteroatoms. The lowest BCUT2D eigenvalue weighted by molar-refractivity contribution is 0.882. The quantitative estimate of drug-likeness (QED) is 0.414. The van der Waals surface area contributed by atoms with Crippen LogP contribution in [0.2, 0.25) is 0 Å². The van der Waals surface area contributed by atoms with Crippen molar-refractivity contribution in [3.05, 3.63) is 27.8 Å². The number of nitrogens with one attached hydrogen (secondary N) is 2. The fraction of sp³-hybridized carbons (Fsp3) is 0.308. The second-order valence-corrected chi connectivity index (χ2v) is 5.89. The third kappa shape index (κ3) is 3.32. The van der Waals surface area contributed by atoms with Crippen LogP contribution in [0.1, 0.15) is 12.8 Å². The molecule has 21 heavy (non-hydrogen) atoms. The minimum atomic E-state index is 0.361. The third-order valence-electron chi connectivity index (χ3n) is 3.26. The van der Waals surface area contributed by atoms with E-state index >= 15 is 0 Å². The van der Waals surface area contributed by atoms with Gasteiger partial charge in [0.05, 0.1) is 5.69 Å². The van der Waals surface area contributed by atoms with E-state index in [1.807, 2.05) is 24.3 Å². The summed E-state index contributed by atoms with van der Waals surface area (Å²) in [5.74, 6) is 6.97. The van der Waals surface area contributed by atoms with Gasteiger partial charge in [-0.3, -0.25) is 5.43 Å². The number of hydrogen-bond acceptors (Lipinski definition) is 7. The van der Waals surface area contributed by atoms with Crippen LogP contribution >= 0.6 is 22.6 Å². The predicted octanol–water partition coefficient (Wildman–Crippen LogP) is 2.11. The number of aromatic nitrogens is 3. The van der Waals surface area contributed by atoms with Gasteiger partial charge in [-0.1, -0.05) is 12.1 Å². The van der Waals surface area contributed by atoms with Crippen molar-refractivity contribution in [1.82, 2.24) is 15.0 Å². The van der Waals surface area contributed by atoms with Crippen molar-refractivity contribution in [2.75, 3.05) is 28.7 Å². The molecule has 4 N–H and O–H groups in total. The van der Waals surface area contributed by atoms with Gasteiger partial charge in [-0.25, -0.2) is 5.84 Å². The molecular formula is C13H16IN7. The summed E-state index contributed by atoms with van der Waals surface area (Å²) in [6.45, 7) is 1.94. The molecule has 3 rings (SSSR count). The molecule has 0 spiro atoms. The van der Waals surface area contributed by atoms with Crippen LogP contribution in [-0.2, 0) is 0 Å². The third-order valence-corrected chi connectivity index (χ3v) is 4.20. The van der Waals surface area contributed by atoms with Gasteiger partial charge in [0.15, 0.2) is 0 Å². The van der Waals surface area contributed by atoms with E-state index in [4.69, 9.17) is 5.84 Å². The van der Waals surface area contributed by atoms with Gasteiger partial charge >= 0.3 is 0 Å². The molecule has 0 aliphatic carbocycles. The zero-order valence-electron chi connectivity index (χ0n) is 11.4. The normalized spacial score (nSPS) is 14.3. The van der Waals surface area contributed by atoms with Gasteiger partial charge in [-0.15, -0.1) is 0 Å². The highest BCUT2D eigenvalue weighted by molar-refractivity contribution is 14.1. The monoisotopic (exact) mass is 397 g/mol. The number of nitrogens with zero attached hydrogens (tertiary/aromatic N) is 4. The number of hydrazine groups is 1. The van der Waals surface area contributed by atoms with E-state index in [2.05, 4.69) is 53.2 Å². The fourth-order valence-electron chi connectivity index (χ4n) is 2.23. The molecule has 0 unspecified atom stereocenters. The van der Waals surface area contributed by atoms with Crippen LogP contribution in [0.25, 0.3) is 0 Å². The molecule has 2 aromatic rings. The maximum Gasteiger partial charge on any atom is 0.243 e. The first-order valence-corrected chi connectivity index (χ1v) is 7.83. The molecule has 1 aliphatic heterocycles. The van der Waals surface area contributed by atoms with Gasteiger partial charge in [0.1, 0.15) is 0 Å². The average molecular weight is 397 g/mol. The van der Waals surface area contributed by atoms with Crippen molar-refractivity contribution in [3.63, 3.8) is 0 Å². The Morgan fingerprint density at radius 3 is 2.48 bits per heavy atom. The molecule has 2 heterocycles. The second-order valence-electron chi connectivity index (χ2n) is 4.73. The van der Waals surface area contributed by atoms with E-state index in [0.717, 1.165) is 35.2 Å². The topological polar surface area (TPSA) is 92.0 Å². The smallest absolute Gasteiger partial charge is 0.243 e. The molecule has 1 fully saturated rings. The maximum atomic E-state index is 5.46. The van der Waals surface area contributed by atoms with Crippen molar-refractivity contribution in [1.29, 1.82) is 0 Å². The van der Waals surface area contributed by atoms with Crippen LogP contribution in [-0.4, -0.2) is 28.0 Å². The first-order valence-electron chi connectivity index (χ1n) is 6.75. The Bertz CT molecular complexity index is 628. The van der Waals surface area contributed by atoms with E-state index < -0.39 is 0 Å². The number of nitrogens with two attached hydrogens (primary N) is 1. The lowest BCUT2D eigenvalue weighted by Crippen LogP contribution is -2.23. The number of nitrogen functional groups attached to an aromatic ring is 1. The summed E-state index contributed by atoms with van der Waals surface area (Å²) >= 11 is 2.27. The van der Waals surface area contributed by atoms with Gasteiger partial charge in [0.25, 0.3) is 0 Å². The lowest BCUT2D eigenvalue weighted by Gasteiger charge is -2.16. The first kappa shape index (κ1) is 14.3. The molecule has 1 aromatic heterocycles. The van der Waals surface area contributed by atoms with Crippen molar-refractivity contribution < 1.29 is 0 Å². The number of anilines is 4. The van der Waals surface area contributed by atoms with Gasteiger partial charge < -0.3 is 10.2 Å². The molecule has 1 aromatic carbocycles. The largest absolute Gasteiger partial charge is 0.341 e.